The summed E-state index contributed by atoms with van der Waals surface area (Å²) < 4.78 is 5.69. The second kappa shape index (κ2) is 9.59. The second-order valence-corrected chi connectivity index (χ2v) is 10.1. The molecular formula is C29H31N5O3. The van der Waals surface area contributed by atoms with Crippen molar-refractivity contribution in [1.82, 2.24) is 24.7 Å². The van der Waals surface area contributed by atoms with E-state index in [0.29, 0.717) is 31.1 Å². The van der Waals surface area contributed by atoms with Crippen molar-refractivity contribution in [2.24, 2.45) is 0 Å². The van der Waals surface area contributed by atoms with Crippen LogP contribution in [-0.4, -0.2) is 67.8 Å². The zero-order chi connectivity index (χ0) is 25.4. The Labute approximate surface area is 216 Å². The highest BCUT2D eigenvalue weighted by molar-refractivity contribution is 6.07. The Morgan fingerprint density at radius 1 is 0.919 bits per heavy atom. The van der Waals surface area contributed by atoms with Gasteiger partial charge in [0.1, 0.15) is 11.3 Å². The van der Waals surface area contributed by atoms with Crippen LogP contribution in [0.25, 0.3) is 0 Å². The number of carbonyl (C=O) groups excluding carboxylic acids is 2. The predicted octanol–water partition coefficient (Wildman–Crippen LogP) is 4.06. The standard InChI is InChI=1S/C29H31N5O3/c1-2-33-28(36)34(24-18-22-6-3-4-7-23(22)19-24)26(35)29(33)12-16-32(17-13-29)20-21-8-10-25(11-9-21)37-27-30-14-5-15-31-27/h3-11,14-15,24H,2,12-13,16-20H2,1H3. The van der Waals surface area contributed by atoms with Crippen molar-refractivity contribution in [2.75, 3.05) is 19.6 Å². The van der Waals surface area contributed by atoms with Gasteiger partial charge in [-0.1, -0.05) is 36.4 Å². The minimum atomic E-state index is -0.718. The summed E-state index contributed by atoms with van der Waals surface area (Å²) in [6, 6.07) is 18.1. The number of carbonyl (C=O) groups is 2. The zero-order valence-corrected chi connectivity index (χ0v) is 21.0. The number of hydrogen-bond acceptors (Lipinski definition) is 6. The van der Waals surface area contributed by atoms with E-state index in [-0.39, 0.29) is 18.0 Å². The monoisotopic (exact) mass is 497 g/mol. The van der Waals surface area contributed by atoms with Gasteiger partial charge < -0.3 is 9.64 Å². The maximum absolute atomic E-state index is 13.9. The summed E-state index contributed by atoms with van der Waals surface area (Å²) in [6.45, 7) is 4.85. The topological polar surface area (TPSA) is 78.9 Å². The summed E-state index contributed by atoms with van der Waals surface area (Å²) in [6.07, 6.45) is 6.12. The molecule has 8 nitrogen and oxygen atoms in total. The van der Waals surface area contributed by atoms with Crippen LogP contribution in [0.15, 0.2) is 67.0 Å². The molecule has 0 radical (unpaired) electrons. The minimum Gasteiger partial charge on any atom is -0.424 e. The predicted molar refractivity (Wildman–Crippen MR) is 138 cm³/mol. The molecule has 3 amide bonds. The van der Waals surface area contributed by atoms with Crippen LogP contribution in [0.1, 0.15) is 36.5 Å². The summed E-state index contributed by atoms with van der Waals surface area (Å²) in [5, 5.41) is 0. The molecule has 3 heterocycles. The van der Waals surface area contributed by atoms with E-state index in [9.17, 15) is 9.59 Å². The van der Waals surface area contributed by atoms with Gasteiger partial charge in [0.05, 0.1) is 0 Å². The van der Waals surface area contributed by atoms with Crippen LogP contribution >= 0.6 is 0 Å². The lowest BCUT2D eigenvalue weighted by atomic mass is 9.85. The van der Waals surface area contributed by atoms with Gasteiger partial charge in [0.15, 0.2) is 0 Å². The largest absolute Gasteiger partial charge is 0.424 e. The Kier molecular flexibility index (Phi) is 6.12. The van der Waals surface area contributed by atoms with Crippen molar-refractivity contribution >= 4 is 11.9 Å². The molecule has 0 N–H and O–H groups in total. The SMILES string of the molecule is CCN1C(=O)N(C2Cc3ccccc3C2)C(=O)C12CCN(Cc1ccc(Oc3ncccn3)cc1)CC2. The minimum absolute atomic E-state index is 0.00133. The van der Waals surface area contributed by atoms with E-state index in [2.05, 4.69) is 27.0 Å². The van der Waals surface area contributed by atoms with Crippen LogP contribution in [0.3, 0.4) is 0 Å². The molecule has 190 valence electrons. The van der Waals surface area contributed by atoms with Crippen LogP contribution in [0, 0.1) is 0 Å². The first-order valence-electron chi connectivity index (χ1n) is 13.1. The molecule has 37 heavy (non-hydrogen) atoms. The first-order valence-corrected chi connectivity index (χ1v) is 13.1. The van der Waals surface area contributed by atoms with Crippen molar-refractivity contribution < 1.29 is 14.3 Å². The van der Waals surface area contributed by atoms with Crippen molar-refractivity contribution in [3.8, 4) is 11.8 Å². The molecule has 1 aromatic heterocycles. The van der Waals surface area contributed by atoms with E-state index < -0.39 is 5.54 Å². The molecule has 2 aromatic carbocycles. The molecule has 0 saturated carbocycles. The number of piperidine rings is 1. The second-order valence-electron chi connectivity index (χ2n) is 10.1. The molecule has 3 aromatic rings. The Balaban J connectivity index is 1.10. The van der Waals surface area contributed by atoms with Gasteiger partial charge in [-0.15, -0.1) is 0 Å². The number of imide groups is 1. The van der Waals surface area contributed by atoms with Gasteiger partial charge in [0.2, 0.25) is 0 Å². The molecule has 0 unspecified atom stereocenters. The highest BCUT2D eigenvalue weighted by Gasteiger charge is 2.59. The molecule has 2 saturated heterocycles. The van der Waals surface area contributed by atoms with Crippen molar-refractivity contribution in [3.63, 3.8) is 0 Å². The van der Waals surface area contributed by atoms with Gasteiger partial charge in [-0.25, -0.2) is 14.8 Å². The number of ether oxygens (including phenoxy) is 1. The maximum Gasteiger partial charge on any atom is 0.327 e. The van der Waals surface area contributed by atoms with Crippen molar-refractivity contribution in [1.29, 1.82) is 0 Å². The normalized spacial score (nSPS) is 19.6. The van der Waals surface area contributed by atoms with Gasteiger partial charge in [-0.2, -0.15) is 0 Å². The summed E-state index contributed by atoms with van der Waals surface area (Å²) in [5.74, 6) is 0.691. The lowest BCUT2D eigenvalue weighted by Crippen LogP contribution is -2.56. The lowest BCUT2D eigenvalue weighted by Gasteiger charge is -2.42. The number of benzene rings is 2. The highest BCUT2D eigenvalue weighted by Crippen LogP contribution is 2.40. The van der Waals surface area contributed by atoms with Crippen LogP contribution in [-0.2, 0) is 24.2 Å². The summed E-state index contributed by atoms with van der Waals surface area (Å²) in [4.78, 5) is 41.3. The number of hydrogen-bond donors (Lipinski definition) is 0. The number of nitrogens with zero attached hydrogens (tertiary/aromatic N) is 5. The van der Waals surface area contributed by atoms with Gasteiger partial charge in [-0.3, -0.25) is 14.6 Å². The van der Waals surface area contributed by atoms with Gasteiger partial charge >= 0.3 is 12.0 Å². The first kappa shape index (κ1) is 23.6. The van der Waals surface area contributed by atoms with E-state index in [1.807, 2.05) is 48.2 Å². The van der Waals surface area contributed by atoms with Crippen LogP contribution in [0.2, 0.25) is 0 Å². The molecule has 1 aliphatic carbocycles. The Morgan fingerprint density at radius 3 is 2.19 bits per heavy atom. The Bertz CT molecular complexity index is 1260. The van der Waals surface area contributed by atoms with Crippen LogP contribution in [0.5, 0.6) is 11.8 Å². The number of rotatable bonds is 6. The maximum atomic E-state index is 13.9. The fourth-order valence-electron chi connectivity index (χ4n) is 6.15. The Morgan fingerprint density at radius 2 is 1.57 bits per heavy atom. The van der Waals surface area contributed by atoms with E-state index in [1.54, 1.807) is 23.4 Å². The van der Waals surface area contributed by atoms with Gasteiger partial charge in [-0.05, 0) is 67.5 Å². The van der Waals surface area contributed by atoms with E-state index >= 15 is 0 Å². The molecule has 2 aliphatic heterocycles. The number of aromatic nitrogens is 2. The molecular weight excluding hydrogens is 466 g/mol. The molecule has 8 heteroatoms. The van der Waals surface area contributed by atoms with Gasteiger partial charge in [0, 0.05) is 44.6 Å². The molecule has 6 rings (SSSR count). The fourth-order valence-corrected chi connectivity index (χ4v) is 6.15. The number of amides is 3. The quantitative estimate of drug-likeness (QED) is 0.478. The third-order valence-corrected chi connectivity index (χ3v) is 8.05. The number of urea groups is 1. The van der Waals surface area contributed by atoms with E-state index in [0.717, 1.165) is 32.5 Å². The van der Waals surface area contributed by atoms with E-state index in [1.165, 1.54) is 16.7 Å². The molecule has 0 bridgehead atoms. The smallest absolute Gasteiger partial charge is 0.327 e. The molecule has 0 atom stereocenters. The first-order chi connectivity index (χ1) is 18.1. The average molecular weight is 498 g/mol. The van der Waals surface area contributed by atoms with E-state index in [4.69, 9.17) is 4.74 Å². The molecule has 2 fully saturated rings. The highest BCUT2D eigenvalue weighted by atomic mass is 16.5. The number of fused-ring (bicyclic) bond motifs is 1. The summed E-state index contributed by atoms with van der Waals surface area (Å²) in [5.41, 5.74) is 2.95. The van der Waals surface area contributed by atoms with Gasteiger partial charge in [0.25, 0.3) is 5.91 Å². The van der Waals surface area contributed by atoms with Crippen molar-refractivity contribution in [2.45, 2.75) is 50.7 Å². The number of likely N-dealkylation sites (N-methyl/N-ethyl adjacent to an activating group) is 1. The summed E-state index contributed by atoms with van der Waals surface area (Å²) in [7, 11) is 0. The molecule has 3 aliphatic rings. The van der Waals surface area contributed by atoms with Crippen LogP contribution < -0.4 is 4.74 Å². The molecule has 1 spiro atoms. The summed E-state index contributed by atoms with van der Waals surface area (Å²) >= 11 is 0. The van der Waals surface area contributed by atoms with Crippen LogP contribution in [0.4, 0.5) is 4.79 Å². The van der Waals surface area contributed by atoms with Crippen molar-refractivity contribution in [3.05, 3.63) is 83.7 Å². The Hall–Kier alpha value is -3.78. The average Bonchev–Trinajstić information content (AvgIpc) is 3.43. The lowest BCUT2D eigenvalue weighted by molar-refractivity contribution is -0.137. The number of likely N-dealkylation sites (tertiary alicyclic amines) is 1. The third-order valence-electron chi connectivity index (χ3n) is 8.05. The third kappa shape index (κ3) is 4.25. The fraction of sp³-hybridized carbons (Fsp3) is 0.379. The zero-order valence-electron chi connectivity index (χ0n) is 21.0.